The molecule has 0 aliphatic rings. The average molecular weight is 489 g/mol. The van der Waals surface area contributed by atoms with Crippen LogP contribution in [0.2, 0.25) is 0 Å². The van der Waals surface area contributed by atoms with Crippen LogP contribution < -0.4 is 10.1 Å². The Morgan fingerprint density at radius 1 is 1.24 bits per heavy atom. The van der Waals surface area contributed by atoms with E-state index in [2.05, 4.69) is 27.4 Å². The molecule has 176 valence electrons. The van der Waals surface area contributed by atoms with Gasteiger partial charge >= 0.3 is 0 Å². The summed E-state index contributed by atoms with van der Waals surface area (Å²) in [7, 11) is 5.21. The minimum Gasteiger partial charge on any atom is -0.483 e. The second-order valence-electron chi connectivity index (χ2n) is 7.63. The van der Waals surface area contributed by atoms with E-state index in [0.717, 1.165) is 12.2 Å². The van der Waals surface area contributed by atoms with E-state index >= 15 is 0 Å². The fourth-order valence-electron chi connectivity index (χ4n) is 3.00. The monoisotopic (exact) mass is 488 g/mol. The van der Waals surface area contributed by atoms with E-state index in [-0.39, 0.29) is 23.7 Å². The van der Waals surface area contributed by atoms with Crippen LogP contribution in [0.1, 0.15) is 46.7 Å². The van der Waals surface area contributed by atoms with Crippen molar-refractivity contribution >= 4 is 40.0 Å². The van der Waals surface area contributed by atoms with Crippen LogP contribution in [0.25, 0.3) is 0 Å². The predicted molar refractivity (Wildman–Crippen MR) is 130 cm³/mol. The molecule has 1 N–H and O–H groups in total. The maximum Gasteiger partial charge on any atom is 0.265 e. The zero-order chi connectivity index (χ0) is 24.1. The van der Waals surface area contributed by atoms with Gasteiger partial charge in [0.2, 0.25) is 5.91 Å². The Hall–Kier alpha value is -2.92. The molecule has 9 nitrogen and oxygen atoms in total. The van der Waals surface area contributed by atoms with Crippen LogP contribution >= 0.6 is 23.1 Å². The van der Waals surface area contributed by atoms with Crippen molar-refractivity contribution in [2.45, 2.75) is 38.5 Å². The maximum atomic E-state index is 12.4. The Kier molecular flexibility index (Phi) is 8.09. The van der Waals surface area contributed by atoms with Crippen LogP contribution in [0.15, 0.2) is 29.4 Å². The van der Waals surface area contributed by atoms with Crippen LogP contribution in [-0.4, -0.2) is 56.3 Å². The van der Waals surface area contributed by atoms with Crippen molar-refractivity contribution in [1.82, 2.24) is 24.6 Å². The van der Waals surface area contributed by atoms with Crippen molar-refractivity contribution in [3.8, 4) is 5.75 Å². The van der Waals surface area contributed by atoms with Crippen molar-refractivity contribution in [2.24, 2.45) is 7.05 Å². The molecule has 0 saturated heterocycles. The fourth-order valence-corrected chi connectivity index (χ4v) is 4.73. The predicted octanol–water partition coefficient (Wildman–Crippen LogP) is 3.72. The summed E-state index contributed by atoms with van der Waals surface area (Å²) in [6, 6.07) is 7.98. The molecule has 3 rings (SSSR count). The van der Waals surface area contributed by atoms with Crippen molar-refractivity contribution in [3.63, 3.8) is 0 Å². The van der Waals surface area contributed by atoms with E-state index in [1.165, 1.54) is 33.6 Å². The third-order valence-electron chi connectivity index (χ3n) is 4.85. The third-order valence-corrected chi connectivity index (χ3v) is 6.93. The number of anilines is 1. The Balaban J connectivity index is 1.57. The number of thioether (sulfide) groups is 1. The second kappa shape index (κ2) is 10.8. The molecule has 0 bridgehead atoms. The Morgan fingerprint density at radius 2 is 1.94 bits per heavy atom. The van der Waals surface area contributed by atoms with Crippen LogP contribution in [-0.2, 0) is 18.3 Å². The summed E-state index contributed by atoms with van der Waals surface area (Å²) in [5.74, 6) is 1.20. The zero-order valence-corrected chi connectivity index (χ0v) is 21.2. The van der Waals surface area contributed by atoms with E-state index in [1.807, 2.05) is 42.8 Å². The lowest BCUT2D eigenvalue weighted by Crippen LogP contribution is -2.21. The maximum absolute atomic E-state index is 12.4. The number of ether oxygens (including phenoxy) is 1. The number of nitrogens with one attached hydrogen (secondary N) is 1. The first-order valence-corrected chi connectivity index (χ1v) is 12.3. The van der Waals surface area contributed by atoms with Crippen molar-refractivity contribution in [3.05, 3.63) is 46.2 Å². The molecule has 0 aliphatic carbocycles. The molecule has 1 unspecified atom stereocenters. The molecule has 2 aromatic heterocycles. The largest absolute Gasteiger partial charge is 0.483 e. The topological polar surface area (TPSA) is 102 Å². The number of rotatable bonds is 9. The number of carbonyl (C=O) groups is 2. The number of hydrogen-bond acceptors (Lipinski definition) is 8. The number of thiazole rings is 1. The molecular weight excluding hydrogens is 460 g/mol. The van der Waals surface area contributed by atoms with E-state index in [9.17, 15) is 9.59 Å². The highest BCUT2D eigenvalue weighted by Gasteiger charge is 2.20. The molecule has 2 heterocycles. The molecular formula is C22H28N6O3S2. The number of nitrogens with zero attached hydrogens (tertiary/aromatic N) is 5. The number of hydrogen-bond donors (Lipinski definition) is 1. The number of amides is 2. The number of aryl methyl sites for hydroxylation is 2. The molecule has 1 atom stereocenters. The normalized spacial score (nSPS) is 11.8. The van der Waals surface area contributed by atoms with Gasteiger partial charge in [0.15, 0.2) is 22.2 Å². The van der Waals surface area contributed by atoms with Gasteiger partial charge in [-0.1, -0.05) is 42.2 Å². The summed E-state index contributed by atoms with van der Waals surface area (Å²) in [4.78, 5) is 30.9. The van der Waals surface area contributed by atoms with Crippen molar-refractivity contribution < 1.29 is 14.3 Å². The van der Waals surface area contributed by atoms with Crippen LogP contribution in [0.3, 0.4) is 0 Å². The van der Waals surface area contributed by atoms with Crippen LogP contribution in [0, 0.1) is 6.92 Å². The van der Waals surface area contributed by atoms with Gasteiger partial charge in [-0.25, -0.2) is 4.98 Å². The summed E-state index contributed by atoms with van der Waals surface area (Å²) in [6.45, 7) is 5.77. The summed E-state index contributed by atoms with van der Waals surface area (Å²) < 4.78 is 7.82. The second-order valence-corrected chi connectivity index (χ2v) is 9.57. The lowest BCUT2D eigenvalue weighted by molar-refractivity contribution is -0.113. The Bertz CT molecular complexity index is 1120. The summed E-state index contributed by atoms with van der Waals surface area (Å²) in [6.07, 6.45) is 0.675. The van der Waals surface area contributed by atoms with Gasteiger partial charge in [-0.05, 0) is 38.0 Å². The fraction of sp³-hybridized carbons (Fsp3) is 0.409. The van der Waals surface area contributed by atoms with Gasteiger partial charge in [0, 0.05) is 21.1 Å². The summed E-state index contributed by atoms with van der Waals surface area (Å²) in [5.41, 5.74) is 1.84. The number of benzene rings is 1. The molecule has 0 radical (unpaired) electrons. The molecule has 33 heavy (non-hydrogen) atoms. The van der Waals surface area contributed by atoms with E-state index in [1.54, 1.807) is 21.0 Å². The molecule has 2 amide bonds. The standard InChI is InChI=1S/C22H28N6O3S2/c1-7-15-8-10-16(11-9-15)31-14(3)19-25-26-22(28(19)6)32-12-17(29)24-21-23-13(2)18(33-21)20(30)27(4)5/h8-11,14H,7,12H2,1-6H3,(H,23,24,29). The van der Waals surface area contributed by atoms with Gasteiger partial charge in [0.1, 0.15) is 10.6 Å². The van der Waals surface area contributed by atoms with Gasteiger partial charge in [0.25, 0.3) is 5.91 Å². The highest BCUT2D eigenvalue weighted by Crippen LogP contribution is 2.26. The highest BCUT2D eigenvalue weighted by atomic mass is 32.2. The van der Waals surface area contributed by atoms with Gasteiger partial charge in [-0.3, -0.25) is 9.59 Å². The minimum atomic E-state index is -0.302. The molecule has 3 aromatic rings. The minimum absolute atomic E-state index is 0.134. The lowest BCUT2D eigenvalue weighted by Gasteiger charge is -2.14. The van der Waals surface area contributed by atoms with Crippen molar-refractivity contribution in [2.75, 3.05) is 25.2 Å². The van der Waals surface area contributed by atoms with Crippen LogP contribution in [0.4, 0.5) is 5.13 Å². The van der Waals surface area contributed by atoms with Gasteiger partial charge in [0.05, 0.1) is 11.4 Å². The van der Waals surface area contributed by atoms with Gasteiger partial charge < -0.3 is 19.5 Å². The molecule has 0 saturated carbocycles. The molecule has 0 fully saturated rings. The third kappa shape index (κ3) is 6.11. The van der Waals surface area contributed by atoms with Crippen molar-refractivity contribution in [1.29, 1.82) is 0 Å². The van der Waals surface area contributed by atoms with Gasteiger partial charge in [-0.2, -0.15) is 0 Å². The first-order chi connectivity index (χ1) is 15.7. The number of aromatic nitrogens is 4. The Morgan fingerprint density at radius 3 is 2.58 bits per heavy atom. The van der Waals surface area contributed by atoms with E-state index in [4.69, 9.17) is 4.74 Å². The molecule has 0 spiro atoms. The van der Waals surface area contributed by atoms with Crippen LogP contribution in [0.5, 0.6) is 5.75 Å². The molecule has 1 aromatic carbocycles. The average Bonchev–Trinajstić information content (AvgIpc) is 3.33. The Labute approximate surface area is 201 Å². The highest BCUT2D eigenvalue weighted by molar-refractivity contribution is 7.99. The van der Waals surface area contributed by atoms with Gasteiger partial charge in [-0.15, -0.1) is 10.2 Å². The summed E-state index contributed by atoms with van der Waals surface area (Å²) in [5, 5.41) is 12.2. The van der Waals surface area contributed by atoms with E-state index in [0.29, 0.717) is 26.7 Å². The zero-order valence-electron chi connectivity index (χ0n) is 19.6. The smallest absolute Gasteiger partial charge is 0.265 e. The quantitative estimate of drug-likeness (QED) is 0.458. The molecule has 11 heteroatoms. The number of carbonyl (C=O) groups excluding carboxylic acids is 2. The first kappa shape index (κ1) is 24.7. The first-order valence-electron chi connectivity index (χ1n) is 10.5. The van der Waals surface area contributed by atoms with E-state index < -0.39 is 0 Å². The lowest BCUT2D eigenvalue weighted by atomic mass is 10.2. The molecule has 0 aliphatic heterocycles. The summed E-state index contributed by atoms with van der Waals surface area (Å²) >= 11 is 2.44. The SMILES string of the molecule is CCc1ccc(OC(C)c2nnc(SCC(=O)Nc3nc(C)c(C(=O)N(C)C)s3)n2C)cc1.